The van der Waals surface area contributed by atoms with Crippen molar-refractivity contribution in [2.75, 3.05) is 25.0 Å². The van der Waals surface area contributed by atoms with Crippen molar-refractivity contribution in [2.45, 2.75) is 39.7 Å². The van der Waals surface area contributed by atoms with Gasteiger partial charge in [-0.25, -0.2) is 4.98 Å². The minimum Gasteiger partial charge on any atom is -0.346 e. The maximum Gasteiger partial charge on any atom is 0.314 e. The lowest BCUT2D eigenvalue weighted by atomic mass is 10.2. The number of nitrogens with zero attached hydrogens (tertiary/aromatic N) is 3. The van der Waals surface area contributed by atoms with Gasteiger partial charge in [-0.15, -0.1) is 0 Å². The summed E-state index contributed by atoms with van der Waals surface area (Å²) in [5, 5.41) is 12.9. The van der Waals surface area contributed by atoms with Crippen molar-refractivity contribution >= 4 is 28.7 Å². The number of carbonyl (C=O) groups is 2. The van der Waals surface area contributed by atoms with Crippen molar-refractivity contribution in [3.8, 4) is 0 Å². The van der Waals surface area contributed by atoms with E-state index >= 15 is 0 Å². The molecule has 0 spiro atoms. The molecule has 1 atom stereocenters. The Labute approximate surface area is 146 Å². The molecule has 3 rings (SSSR count). The molecule has 8 nitrogen and oxygen atoms in total. The topological polar surface area (TPSA) is 103 Å². The maximum atomic E-state index is 12.2. The summed E-state index contributed by atoms with van der Waals surface area (Å²) in [6, 6.07) is 2.22. The lowest BCUT2D eigenvalue weighted by Crippen LogP contribution is -2.43. The first kappa shape index (κ1) is 17.3. The molecule has 3 heterocycles. The van der Waals surface area contributed by atoms with E-state index in [1.165, 1.54) is 0 Å². The first-order valence-electron chi connectivity index (χ1n) is 8.65. The molecule has 1 aliphatic rings. The number of aryl methyl sites for hydroxylation is 2. The summed E-state index contributed by atoms with van der Waals surface area (Å²) in [6.45, 7) is 8.41. The molecule has 25 heavy (non-hydrogen) atoms. The number of H-pyrrole nitrogens is 1. The summed E-state index contributed by atoms with van der Waals surface area (Å²) in [5.41, 5.74) is 2.40. The van der Waals surface area contributed by atoms with Crippen LogP contribution in [0.1, 0.15) is 31.0 Å². The molecule has 0 bridgehead atoms. The lowest BCUT2D eigenvalue weighted by molar-refractivity contribution is -0.136. The third-order valence-electron chi connectivity index (χ3n) is 4.70. The molecule has 0 aromatic carbocycles. The molecule has 8 heteroatoms. The Balaban J connectivity index is 1.63. The summed E-state index contributed by atoms with van der Waals surface area (Å²) in [4.78, 5) is 30.9. The van der Waals surface area contributed by atoms with Crippen LogP contribution in [0.15, 0.2) is 6.07 Å². The van der Waals surface area contributed by atoms with Crippen LogP contribution in [0.3, 0.4) is 0 Å². The molecule has 0 radical (unpaired) electrons. The third kappa shape index (κ3) is 3.63. The smallest absolute Gasteiger partial charge is 0.314 e. The molecule has 0 aliphatic carbocycles. The number of anilines is 1. The number of likely N-dealkylation sites (tertiary alicyclic amines) is 1. The van der Waals surface area contributed by atoms with Crippen LogP contribution in [-0.4, -0.2) is 57.6 Å². The van der Waals surface area contributed by atoms with Gasteiger partial charge in [0.2, 0.25) is 0 Å². The zero-order valence-electron chi connectivity index (χ0n) is 14.8. The predicted octanol–water partition coefficient (Wildman–Crippen LogP) is 1.11. The summed E-state index contributed by atoms with van der Waals surface area (Å²) in [5.74, 6) is -1.03. The van der Waals surface area contributed by atoms with Gasteiger partial charge in [0, 0.05) is 18.3 Å². The van der Waals surface area contributed by atoms with Gasteiger partial charge in [0.15, 0.2) is 11.5 Å². The van der Waals surface area contributed by atoms with Gasteiger partial charge in [-0.3, -0.25) is 19.6 Å². The molecule has 1 unspecified atom stereocenters. The second-order valence-corrected chi connectivity index (χ2v) is 6.47. The fraction of sp³-hybridized carbons (Fsp3) is 0.529. The van der Waals surface area contributed by atoms with E-state index in [1.54, 1.807) is 0 Å². The lowest BCUT2D eigenvalue weighted by Gasteiger charge is -2.22. The van der Waals surface area contributed by atoms with Crippen LogP contribution in [-0.2, 0) is 9.59 Å². The number of pyridine rings is 1. The SMILES string of the molecule is CCN1CCCC1CNC(=O)C(=O)Nc1n[nH]c2nc(C)cc(C)c12. The van der Waals surface area contributed by atoms with Crippen LogP contribution in [0.4, 0.5) is 5.82 Å². The first-order valence-corrected chi connectivity index (χ1v) is 8.65. The number of hydrogen-bond acceptors (Lipinski definition) is 5. The number of nitrogens with one attached hydrogen (secondary N) is 3. The second kappa shape index (κ2) is 7.18. The van der Waals surface area contributed by atoms with E-state index in [9.17, 15) is 9.59 Å². The molecule has 2 aromatic rings. The molecule has 1 aliphatic heterocycles. The highest BCUT2D eigenvalue weighted by Gasteiger charge is 2.25. The highest BCUT2D eigenvalue weighted by atomic mass is 16.2. The van der Waals surface area contributed by atoms with Crippen molar-refractivity contribution in [1.29, 1.82) is 0 Å². The Bertz CT molecular complexity index is 800. The highest BCUT2D eigenvalue weighted by Crippen LogP contribution is 2.23. The number of carbonyl (C=O) groups excluding carboxylic acids is 2. The summed E-state index contributed by atoms with van der Waals surface area (Å²) >= 11 is 0. The number of likely N-dealkylation sites (N-methyl/N-ethyl adjacent to an activating group) is 1. The second-order valence-electron chi connectivity index (χ2n) is 6.47. The zero-order valence-corrected chi connectivity index (χ0v) is 14.8. The van der Waals surface area contributed by atoms with Crippen molar-refractivity contribution < 1.29 is 9.59 Å². The standard InChI is InChI=1S/C17H24N6O2/c1-4-23-7-5-6-12(23)9-18-16(24)17(25)20-15-13-10(2)8-11(3)19-14(13)21-22-15/h8,12H,4-7,9H2,1-3H3,(H,18,24)(H2,19,20,21,22,25). The summed E-state index contributed by atoms with van der Waals surface area (Å²) in [6.07, 6.45) is 2.18. The number of rotatable bonds is 4. The van der Waals surface area contributed by atoms with E-state index in [2.05, 4.69) is 37.6 Å². The van der Waals surface area contributed by atoms with Crippen molar-refractivity contribution in [2.24, 2.45) is 0 Å². The van der Waals surface area contributed by atoms with Crippen molar-refractivity contribution in [3.05, 3.63) is 17.3 Å². The quantitative estimate of drug-likeness (QED) is 0.721. The molecule has 2 amide bonds. The summed E-state index contributed by atoms with van der Waals surface area (Å²) in [7, 11) is 0. The fourth-order valence-corrected chi connectivity index (χ4v) is 3.47. The molecule has 3 N–H and O–H groups in total. The normalized spacial score (nSPS) is 17.8. The Hall–Kier alpha value is -2.48. The van der Waals surface area contributed by atoms with E-state index in [0.717, 1.165) is 42.6 Å². The highest BCUT2D eigenvalue weighted by molar-refractivity contribution is 6.40. The Morgan fingerprint density at radius 2 is 2.16 bits per heavy atom. The first-order chi connectivity index (χ1) is 12.0. The monoisotopic (exact) mass is 344 g/mol. The van der Waals surface area contributed by atoms with Gasteiger partial charge in [0.25, 0.3) is 0 Å². The molecule has 134 valence electrons. The van der Waals surface area contributed by atoms with Crippen LogP contribution >= 0.6 is 0 Å². The van der Waals surface area contributed by atoms with Gasteiger partial charge in [-0.2, -0.15) is 5.10 Å². The van der Waals surface area contributed by atoms with E-state index in [-0.39, 0.29) is 0 Å². The Morgan fingerprint density at radius 1 is 1.36 bits per heavy atom. The van der Waals surface area contributed by atoms with Gasteiger partial charge in [0.1, 0.15) is 0 Å². The van der Waals surface area contributed by atoms with Gasteiger partial charge in [0.05, 0.1) is 5.39 Å². The Morgan fingerprint density at radius 3 is 2.92 bits per heavy atom. The Kier molecular flexibility index (Phi) is 4.98. The molecule has 1 fully saturated rings. The van der Waals surface area contributed by atoms with Crippen LogP contribution in [0.2, 0.25) is 0 Å². The zero-order chi connectivity index (χ0) is 18.0. The number of amides is 2. The third-order valence-corrected chi connectivity index (χ3v) is 4.70. The average Bonchev–Trinajstić information content (AvgIpc) is 3.19. The largest absolute Gasteiger partial charge is 0.346 e. The van der Waals surface area contributed by atoms with Crippen LogP contribution in [0.5, 0.6) is 0 Å². The van der Waals surface area contributed by atoms with Gasteiger partial charge in [-0.05, 0) is 51.4 Å². The van der Waals surface area contributed by atoms with Crippen molar-refractivity contribution in [1.82, 2.24) is 25.4 Å². The predicted molar refractivity (Wildman–Crippen MR) is 95.3 cm³/mol. The number of aromatic amines is 1. The maximum absolute atomic E-state index is 12.2. The van der Waals surface area contributed by atoms with E-state index in [4.69, 9.17) is 0 Å². The molecule has 1 saturated heterocycles. The fourth-order valence-electron chi connectivity index (χ4n) is 3.47. The minimum atomic E-state index is -0.713. The van der Waals surface area contributed by atoms with Crippen LogP contribution in [0, 0.1) is 13.8 Å². The minimum absolute atomic E-state index is 0.308. The van der Waals surface area contributed by atoms with E-state index in [1.807, 2.05) is 19.9 Å². The number of hydrogen-bond donors (Lipinski definition) is 3. The molecular weight excluding hydrogens is 320 g/mol. The number of aromatic nitrogens is 3. The van der Waals surface area contributed by atoms with E-state index in [0.29, 0.717) is 24.1 Å². The van der Waals surface area contributed by atoms with Gasteiger partial charge < -0.3 is 10.6 Å². The average molecular weight is 344 g/mol. The van der Waals surface area contributed by atoms with Gasteiger partial charge >= 0.3 is 11.8 Å². The van der Waals surface area contributed by atoms with Crippen LogP contribution < -0.4 is 10.6 Å². The number of fused-ring (bicyclic) bond motifs is 1. The van der Waals surface area contributed by atoms with E-state index < -0.39 is 11.8 Å². The molecular formula is C17H24N6O2. The van der Waals surface area contributed by atoms with Gasteiger partial charge in [-0.1, -0.05) is 6.92 Å². The van der Waals surface area contributed by atoms with Crippen molar-refractivity contribution in [3.63, 3.8) is 0 Å². The molecule has 0 saturated carbocycles. The summed E-state index contributed by atoms with van der Waals surface area (Å²) < 4.78 is 0. The molecule has 2 aromatic heterocycles. The van der Waals surface area contributed by atoms with Crippen LogP contribution in [0.25, 0.3) is 11.0 Å².